The molecule has 1 atom stereocenters. The average Bonchev–Trinajstić information content (AvgIpc) is 2.11. The van der Waals surface area contributed by atoms with Crippen molar-refractivity contribution in [3.63, 3.8) is 0 Å². The molecule has 0 aliphatic rings. The van der Waals surface area contributed by atoms with Crippen LogP contribution >= 0.6 is 0 Å². The molecule has 1 aromatic carbocycles. The van der Waals surface area contributed by atoms with Crippen LogP contribution in [-0.4, -0.2) is 17.1 Å². The minimum Gasteiger partial charge on any atom is -0.480 e. The van der Waals surface area contributed by atoms with Crippen LogP contribution in [0.4, 0.5) is 8.78 Å². The SMILES string of the molecule is NC(Cc1ccc(F)c(F)c1)C(=O)O. The fourth-order valence-corrected chi connectivity index (χ4v) is 1.01. The lowest BCUT2D eigenvalue weighted by atomic mass is 10.1. The molecule has 0 bridgehead atoms. The van der Waals surface area contributed by atoms with Gasteiger partial charge in [0, 0.05) is 0 Å². The number of halogens is 2. The van der Waals surface area contributed by atoms with Crippen molar-refractivity contribution in [3.8, 4) is 0 Å². The van der Waals surface area contributed by atoms with Crippen LogP contribution in [0, 0.1) is 11.6 Å². The van der Waals surface area contributed by atoms with Gasteiger partial charge in [-0.15, -0.1) is 0 Å². The fourth-order valence-electron chi connectivity index (χ4n) is 1.01. The second-order valence-corrected chi connectivity index (χ2v) is 2.90. The van der Waals surface area contributed by atoms with Gasteiger partial charge in [0.25, 0.3) is 0 Å². The van der Waals surface area contributed by atoms with Crippen LogP contribution in [0.15, 0.2) is 18.2 Å². The Balaban J connectivity index is 2.78. The zero-order valence-corrected chi connectivity index (χ0v) is 7.21. The van der Waals surface area contributed by atoms with Gasteiger partial charge in [0.15, 0.2) is 11.6 Å². The van der Waals surface area contributed by atoms with E-state index in [1.54, 1.807) is 0 Å². The number of aliphatic carboxylic acids is 1. The Labute approximate surface area is 79.2 Å². The van der Waals surface area contributed by atoms with Crippen molar-refractivity contribution in [1.29, 1.82) is 0 Å². The molecule has 0 radical (unpaired) electrons. The Morgan fingerprint density at radius 3 is 2.57 bits per heavy atom. The third-order valence-electron chi connectivity index (χ3n) is 1.76. The summed E-state index contributed by atoms with van der Waals surface area (Å²) in [6.45, 7) is 0. The molecule has 0 fully saturated rings. The van der Waals surface area contributed by atoms with Gasteiger partial charge in [-0.3, -0.25) is 4.79 Å². The maximum absolute atomic E-state index is 12.7. The molecular weight excluding hydrogens is 192 g/mol. The first kappa shape index (κ1) is 10.6. The number of hydrogen-bond donors (Lipinski definition) is 2. The fraction of sp³-hybridized carbons (Fsp3) is 0.222. The number of hydrogen-bond acceptors (Lipinski definition) is 2. The predicted molar refractivity (Wildman–Crippen MR) is 45.7 cm³/mol. The third-order valence-corrected chi connectivity index (χ3v) is 1.76. The highest BCUT2D eigenvalue weighted by Crippen LogP contribution is 2.10. The summed E-state index contributed by atoms with van der Waals surface area (Å²) in [6, 6.07) is 2.10. The Morgan fingerprint density at radius 1 is 1.43 bits per heavy atom. The molecule has 0 aromatic heterocycles. The number of carboxylic acids is 1. The van der Waals surface area contributed by atoms with Crippen molar-refractivity contribution >= 4 is 5.97 Å². The summed E-state index contributed by atoms with van der Waals surface area (Å²) in [5.74, 6) is -3.13. The van der Waals surface area contributed by atoms with E-state index in [1.165, 1.54) is 6.07 Å². The second kappa shape index (κ2) is 4.15. The van der Waals surface area contributed by atoms with E-state index < -0.39 is 23.6 Å². The monoisotopic (exact) mass is 201 g/mol. The standard InChI is InChI=1S/C9H9F2NO2/c10-6-2-1-5(3-7(6)11)4-8(12)9(13)14/h1-3,8H,4,12H2,(H,13,14). The first-order valence-corrected chi connectivity index (χ1v) is 3.93. The van der Waals surface area contributed by atoms with Gasteiger partial charge in [-0.05, 0) is 24.1 Å². The van der Waals surface area contributed by atoms with E-state index in [0.29, 0.717) is 5.56 Å². The molecule has 1 unspecified atom stereocenters. The molecule has 3 N–H and O–H groups in total. The van der Waals surface area contributed by atoms with Gasteiger partial charge in [-0.25, -0.2) is 8.78 Å². The van der Waals surface area contributed by atoms with Gasteiger partial charge in [0.1, 0.15) is 6.04 Å². The van der Waals surface area contributed by atoms with Crippen LogP contribution in [0.25, 0.3) is 0 Å². The summed E-state index contributed by atoms with van der Waals surface area (Å²) in [4.78, 5) is 10.4. The summed E-state index contributed by atoms with van der Waals surface area (Å²) in [5.41, 5.74) is 5.58. The lowest BCUT2D eigenvalue weighted by Gasteiger charge is -2.06. The highest BCUT2D eigenvalue weighted by molar-refractivity contribution is 5.73. The van der Waals surface area contributed by atoms with Crippen molar-refractivity contribution in [2.75, 3.05) is 0 Å². The average molecular weight is 201 g/mol. The Kier molecular flexibility index (Phi) is 3.14. The molecular formula is C9H9F2NO2. The highest BCUT2D eigenvalue weighted by atomic mass is 19.2. The van der Waals surface area contributed by atoms with E-state index in [0.717, 1.165) is 12.1 Å². The molecule has 76 valence electrons. The topological polar surface area (TPSA) is 63.3 Å². The first-order chi connectivity index (χ1) is 6.50. The number of nitrogens with two attached hydrogens (primary N) is 1. The molecule has 0 saturated carbocycles. The first-order valence-electron chi connectivity index (χ1n) is 3.93. The molecule has 0 spiro atoms. The molecule has 0 heterocycles. The van der Waals surface area contributed by atoms with Crippen LogP contribution < -0.4 is 5.73 Å². The van der Waals surface area contributed by atoms with Crippen molar-refractivity contribution in [3.05, 3.63) is 35.4 Å². The van der Waals surface area contributed by atoms with E-state index in [4.69, 9.17) is 10.8 Å². The third kappa shape index (κ3) is 2.50. The molecule has 0 aliphatic carbocycles. The number of rotatable bonds is 3. The quantitative estimate of drug-likeness (QED) is 0.764. The van der Waals surface area contributed by atoms with E-state index in [9.17, 15) is 13.6 Å². The number of carbonyl (C=O) groups is 1. The van der Waals surface area contributed by atoms with Crippen molar-refractivity contribution in [2.45, 2.75) is 12.5 Å². The van der Waals surface area contributed by atoms with Crippen LogP contribution in [0.3, 0.4) is 0 Å². The van der Waals surface area contributed by atoms with Crippen molar-refractivity contribution < 1.29 is 18.7 Å². The molecule has 1 rings (SSSR count). The predicted octanol–water partition coefficient (Wildman–Crippen LogP) is 0.919. The molecule has 0 aliphatic heterocycles. The minimum atomic E-state index is -1.17. The van der Waals surface area contributed by atoms with Gasteiger partial charge in [-0.2, -0.15) is 0 Å². The van der Waals surface area contributed by atoms with E-state index in [-0.39, 0.29) is 6.42 Å². The summed E-state index contributed by atoms with van der Waals surface area (Å²) >= 11 is 0. The maximum Gasteiger partial charge on any atom is 0.320 e. The second-order valence-electron chi connectivity index (χ2n) is 2.90. The molecule has 0 amide bonds. The van der Waals surface area contributed by atoms with Crippen LogP contribution in [0.1, 0.15) is 5.56 Å². The van der Waals surface area contributed by atoms with Gasteiger partial charge in [-0.1, -0.05) is 6.07 Å². The summed E-state index contributed by atoms with van der Waals surface area (Å²) in [6.07, 6.45) is -0.0213. The Bertz CT molecular complexity index is 355. The molecule has 0 saturated heterocycles. The lowest BCUT2D eigenvalue weighted by Crippen LogP contribution is -2.32. The van der Waals surface area contributed by atoms with Crippen LogP contribution in [0.2, 0.25) is 0 Å². The summed E-state index contributed by atoms with van der Waals surface area (Å²) in [7, 11) is 0. The summed E-state index contributed by atoms with van der Waals surface area (Å²) in [5, 5.41) is 8.47. The lowest BCUT2D eigenvalue weighted by molar-refractivity contribution is -0.138. The zero-order valence-electron chi connectivity index (χ0n) is 7.21. The van der Waals surface area contributed by atoms with E-state index >= 15 is 0 Å². The number of benzene rings is 1. The largest absolute Gasteiger partial charge is 0.480 e. The van der Waals surface area contributed by atoms with Crippen LogP contribution in [0.5, 0.6) is 0 Å². The normalized spacial score (nSPS) is 12.5. The number of carboxylic acid groups (broad SMARTS) is 1. The minimum absolute atomic E-state index is 0.0213. The van der Waals surface area contributed by atoms with Gasteiger partial charge in [0.05, 0.1) is 0 Å². The van der Waals surface area contributed by atoms with Crippen molar-refractivity contribution in [1.82, 2.24) is 0 Å². The molecule has 14 heavy (non-hydrogen) atoms. The molecule has 5 heteroatoms. The smallest absolute Gasteiger partial charge is 0.320 e. The van der Waals surface area contributed by atoms with Crippen LogP contribution in [-0.2, 0) is 11.2 Å². The molecule has 1 aromatic rings. The van der Waals surface area contributed by atoms with Gasteiger partial charge < -0.3 is 10.8 Å². The van der Waals surface area contributed by atoms with Crippen molar-refractivity contribution in [2.24, 2.45) is 5.73 Å². The van der Waals surface area contributed by atoms with Gasteiger partial charge in [0.2, 0.25) is 0 Å². The maximum atomic E-state index is 12.7. The summed E-state index contributed by atoms with van der Waals surface area (Å²) < 4.78 is 25.1. The Hall–Kier alpha value is -1.49. The highest BCUT2D eigenvalue weighted by Gasteiger charge is 2.13. The Morgan fingerprint density at radius 2 is 2.07 bits per heavy atom. The van der Waals surface area contributed by atoms with E-state index in [1.807, 2.05) is 0 Å². The van der Waals surface area contributed by atoms with E-state index in [2.05, 4.69) is 0 Å². The van der Waals surface area contributed by atoms with Gasteiger partial charge >= 0.3 is 5.97 Å². The molecule has 3 nitrogen and oxygen atoms in total. The zero-order chi connectivity index (χ0) is 10.7.